The Morgan fingerprint density at radius 2 is 1.77 bits per heavy atom. The Hall–Kier alpha value is -4.18. The predicted molar refractivity (Wildman–Crippen MR) is 147 cm³/mol. The number of hydrogen-bond acceptors (Lipinski definition) is 8. The first-order chi connectivity index (χ1) is 19.0. The number of hydrogen-bond donors (Lipinski definition) is 3. The summed E-state index contributed by atoms with van der Waals surface area (Å²) in [6, 6.07) is 7.75. The average molecular weight is 566 g/mol. The topological polar surface area (TPSA) is 132 Å². The fraction of sp³-hybridized carbons (Fsp3) is 0.345. The Kier molecular flexibility index (Phi) is 5.81. The molecule has 0 radical (unpaired) electrons. The Morgan fingerprint density at radius 3 is 2.40 bits per heavy atom. The lowest BCUT2D eigenvalue weighted by Gasteiger charge is -2.42. The Bertz CT molecular complexity index is 1680. The molecule has 1 aliphatic carbocycles. The zero-order valence-corrected chi connectivity index (χ0v) is 23.3. The number of benzene rings is 2. The van der Waals surface area contributed by atoms with Crippen LogP contribution in [-0.4, -0.2) is 46.3 Å². The number of aromatic amines is 1. The molecule has 3 atom stereocenters. The third-order valence-corrected chi connectivity index (χ3v) is 8.44. The lowest BCUT2D eigenvalue weighted by atomic mass is 9.66. The van der Waals surface area contributed by atoms with Crippen molar-refractivity contribution in [1.82, 2.24) is 9.78 Å². The van der Waals surface area contributed by atoms with Crippen LogP contribution in [0.3, 0.4) is 0 Å². The number of phenolic OH excluding ortho intramolecular Hbond substituents is 1. The number of methoxy groups -OCH3 is 2. The molecule has 6 rings (SSSR count). The van der Waals surface area contributed by atoms with Gasteiger partial charge in [-0.2, -0.15) is 0 Å². The minimum Gasteiger partial charge on any atom is -0.508 e. The van der Waals surface area contributed by atoms with Gasteiger partial charge in [-0.25, -0.2) is 0 Å². The highest BCUT2D eigenvalue weighted by atomic mass is 35.5. The van der Waals surface area contributed by atoms with E-state index in [4.69, 9.17) is 25.8 Å². The molecule has 10 nitrogen and oxygen atoms in total. The van der Waals surface area contributed by atoms with Crippen LogP contribution >= 0.6 is 11.6 Å². The predicted octanol–water partition coefficient (Wildman–Crippen LogP) is 4.57. The molecule has 3 heterocycles. The van der Waals surface area contributed by atoms with Gasteiger partial charge >= 0.3 is 0 Å². The molecule has 40 heavy (non-hydrogen) atoms. The number of rotatable bonds is 4. The monoisotopic (exact) mass is 565 g/mol. The number of nitrogens with zero attached hydrogens (tertiary/aromatic N) is 1. The normalized spacial score (nSPS) is 23.1. The molecule has 3 aliphatic rings. The van der Waals surface area contributed by atoms with Gasteiger partial charge in [-0.15, -0.1) is 0 Å². The molecule has 1 aromatic heterocycles. The summed E-state index contributed by atoms with van der Waals surface area (Å²) in [5, 5.41) is 16.2. The maximum atomic E-state index is 14.7. The van der Waals surface area contributed by atoms with Crippen LogP contribution < -0.4 is 25.1 Å². The third-order valence-electron chi connectivity index (χ3n) is 8.08. The van der Waals surface area contributed by atoms with Gasteiger partial charge in [0, 0.05) is 35.2 Å². The number of allylic oxidation sites excluding steroid dienone is 1. The molecule has 11 heteroatoms. The third kappa shape index (κ3) is 3.32. The van der Waals surface area contributed by atoms with E-state index in [0.717, 1.165) is 0 Å². The fourth-order valence-corrected chi connectivity index (χ4v) is 6.42. The molecule has 0 saturated heterocycles. The van der Waals surface area contributed by atoms with Gasteiger partial charge in [0.2, 0.25) is 17.2 Å². The summed E-state index contributed by atoms with van der Waals surface area (Å²) in [5.41, 5.74) is -0.400. The van der Waals surface area contributed by atoms with Gasteiger partial charge in [-0.3, -0.25) is 24.2 Å². The fourth-order valence-electron chi connectivity index (χ4n) is 6.15. The zero-order chi connectivity index (χ0) is 28.7. The second-order valence-electron chi connectivity index (χ2n) is 10.6. The van der Waals surface area contributed by atoms with Crippen molar-refractivity contribution in [2.45, 2.75) is 44.8 Å². The van der Waals surface area contributed by atoms with Crippen LogP contribution in [0.15, 0.2) is 46.4 Å². The molecule has 2 aliphatic heterocycles. The van der Waals surface area contributed by atoms with Gasteiger partial charge in [0.1, 0.15) is 33.7 Å². The number of aromatic nitrogens is 2. The van der Waals surface area contributed by atoms with Crippen molar-refractivity contribution in [3.05, 3.63) is 73.7 Å². The van der Waals surface area contributed by atoms with E-state index in [1.807, 2.05) is 13.8 Å². The molecule has 208 valence electrons. The van der Waals surface area contributed by atoms with Crippen molar-refractivity contribution >= 4 is 29.0 Å². The summed E-state index contributed by atoms with van der Waals surface area (Å²) < 4.78 is 18.9. The van der Waals surface area contributed by atoms with Gasteiger partial charge in [0.25, 0.3) is 5.56 Å². The van der Waals surface area contributed by atoms with E-state index >= 15 is 0 Å². The number of H-pyrrole nitrogens is 1. The van der Waals surface area contributed by atoms with Crippen LogP contribution in [0.25, 0.3) is 0 Å². The molecule has 0 amide bonds. The van der Waals surface area contributed by atoms with E-state index in [2.05, 4.69) is 10.4 Å². The van der Waals surface area contributed by atoms with Crippen LogP contribution in [0.1, 0.15) is 60.6 Å². The molecule has 3 aromatic rings. The highest BCUT2D eigenvalue weighted by Gasteiger charge is 2.63. The van der Waals surface area contributed by atoms with Crippen LogP contribution in [0.4, 0.5) is 5.82 Å². The lowest BCUT2D eigenvalue weighted by Crippen LogP contribution is -2.58. The van der Waals surface area contributed by atoms with Crippen LogP contribution in [0.2, 0.25) is 5.02 Å². The number of fused-ring (bicyclic) bond motifs is 2. The van der Waals surface area contributed by atoms with Crippen molar-refractivity contribution in [3.8, 4) is 23.0 Å². The van der Waals surface area contributed by atoms with Gasteiger partial charge in [-0.1, -0.05) is 30.7 Å². The molecule has 0 fully saturated rings. The number of Topliss-reactive ketones (excluding diaryl/α,β-unsaturated/α-hetero) is 2. The lowest BCUT2D eigenvalue weighted by molar-refractivity contribution is -0.130. The number of ketones is 2. The number of halogens is 1. The standard InChI is InChI=1S/C29H28ClN3O7/c1-12(2)33-27-22(28(37)32-33)19(14-6-8-15(34)9-7-14)20-16(31-27)10-13(3)29(25(20)35)26(36)21-17(38-4)11-18(39-5)23(30)24(21)40-29/h6-9,11-13,19,31,34H,10H2,1-5H3,(H,32,37). The summed E-state index contributed by atoms with van der Waals surface area (Å²) in [4.78, 5) is 42.3. The summed E-state index contributed by atoms with van der Waals surface area (Å²) >= 11 is 6.58. The quantitative estimate of drug-likeness (QED) is 0.392. The van der Waals surface area contributed by atoms with Crippen molar-refractivity contribution in [2.75, 3.05) is 19.5 Å². The number of aromatic hydroxyl groups is 1. The van der Waals surface area contributed by atoms with E-state index in [9.17, 15) is 19.5 Å². The van der Waals surface area contributed by atoms with Crippen LogP contribution in [0.5, 0.6) is 23.0 Å². The first-order valence-corrected chi connectivity index (χ1v) is 13.3. The molecule has 0 saturated carbocycles. The molecule has 3 unspecified atom stereocenters. The highest BCUT2D eigenvalue weighted by Crippen LogP contribution is 2.56. The maximum Gasteiger partial charge on any atom is 0.270 e. The van der Waals surface area contributed by atoms with E-state index in [1.54, 1.807) is 23.7 Å². The second kappa shape index (κ2) is 8.92. The van der Waals surface area contributed by atoms with Crippen LogP contribution in [0, 0.1) is 5.92 Å². The van der Waals surface area contributed by atoms with Crippen LogP contribution in [-0.2, 0) is 4.79 Å². The zero-order valence-electron chi connectivity index (χ0n) is 22.5. The summed E-state index contributed by atoms with van der Waals surface area (Å²) in [6.45, 7) is 5.66. The highest BCUT2D eigenvalue weighted by molar-refractivity contribution is 6.36. The Labute approximate surface area is 234 Å². The summed E-state index contributed by atoms with van der Waals surface area (Å²) in [7, 11) is 2.84. The number of nitrogens with one attached hydrogen (secondary N) is 2. The summed E-state index contributed by atoms with van der Waals surface area (Å²) in [6.07, 6.45) is 0.281. The van der Waals surface area contributed by atoms with Gasteiger partial charge in [0.15, 0.2) is 5.75 Å². The number of anilines is 1. The Morgan fingerprint density at radius 1 is 1.10 bits per heavy atom. The SMILES string of the molecule is COc1cc(OC)c2c(c1Cl)OC1(C(=O)C3=C(CC1C)Nc1c(c(=O)[nH]n1C(C)C)C3c1ccc(O)cc1)C2=O. The minimum atomic E-state index is -1.92. The van der Waals surface area contributed by atoms with E-state index in [-0.39, 0.29) is 57.2 Å². The van der Waals surface area contributed by atoms with E-state index in [0.29, 0.717) is 22.6 Å². The number of ether oxygens (including phenoxy) is 3. The Balaban J connectivity index is 1.58. The second-order valence-corrected chi connectivity index (χ2v) is 11.0. The van der Waals surface area contributed by atoms with Gasteiger partial charge in [-0.05, 0) is 38.0 Å². The smallest absolute Gasteiger partial charge is 0.270 e. The molecule has 3 N–H and O–H groups in total. The number of carbonyl (C=O) groups is 2. The van der Waals surface area contributed by atoms with E-state index in [1.165, 1.54) is 32.4 Å². The molecule has 1 spiro atoms. The molecular formula is C29H28ClN3O7. The largest absolute Gasteiger partial charge is 0.508 e. The number of carbonyl (C=O) groups excluding carboxylic acids is 2. The van der Waals surface area contributed by atoms with Crippen molar-refractivity contribution in [2.24, 2.45) is 5.92 Å². The first kappa shape index (κ1) is 26.1. The number of phenols is 1. The van der Waals surface area contributed by atoms with E-state index < -0.39 is 29.0 Å². The first-order valence-electron chi connectivity index (χ1n) is 12.9. The molecule has 0 bridgehead atoms. The minimum absolute atomic E-state index is 0.0292. The van der Waals surface area contributed by atoms with Crippen molar-refractivity contribution in [1.29, 1.82) is 0 Å². The van der Waals surface area contributed by atoms with Gasteiger partial charge in [0.05, 0.1) is 19.8 Å². The summed E-state index contributed by atoms with van der Waals surface area (Å²) in [5.74, 6) is -1.48. The van der Waals surface area contributed by atoms with Crippen molar-refractivity contribution in [3.63, 3.8) is 0 Å². The maximum absolute atomic E-state index is 14.7. The van der Waals surface area contributed by atoms with Gasteiger partial charge < -0.3 is 24.6 Å². The molecular weight excluding hydrogens is 538 g/mol. The molecule has 2 aromatic carbocycles. The average Bonchev–Trinajstić information content (AvgIpc) is 3.43. The van der Waals surface area contributed by atoms with Crippen molar-refractivity contribution < 1.29 is 28.9 Å².